The molecule has 1 aliphatic carbocycles. The van der Waals surface area contributed by atoms with Crippen molar-refractivity contribution >= 4 is 11.9 Å². The van der Waals surface area contributed by atoms with E-state index in [9.17, 15) is 14.7 Å². The first-order valence-corrected chi connectivity index (χ1v) is 5.91. The molecule has 17 heavy (non-hydrogen) atoms. The lowest BCUT2D eigenvalue weighted by Crippen LogP contribution is -2.59. The van der Waals surface area contributed by atoms with Crippen LogP contribution >= 0.6 is 0 Å². The molecule has 1 aliphatic rings. The molecule has 1 amide bonds. The topological polar surface area (TPSA) is 75.6 Å². The number of methoxy groups -OCH3 is 1. The summed E-state index contributed by atoms with van der Waals surface area (Å²) in [5.74, 6) is -1.32. The maximum atomic E-state index is 12.1. The van der Waals surface area contributed by atoms with Gasteiger partial charge in [0.05, 0.1) is 0 Å². The van der Waals surface area contributed by atoms with Crippen LogP contribution in [0.25, 0.3) is 0 Å². The van der Waals surface area contributed by atoms with Gasteiger partial charge in [-0.3, -0.25) is 4.79 Å². The number of hydrogen-bond donors (Lipinski definition) is 2. The molecule has 0 heterocycles. The number of carboxylic acids is 1. The number of carboxylic acid groups (broad SMARTS) is 1. The van der Waals surface area contributed by atoms with E-state index in [2.05, 4.69) is 5.32 Å². The van der Waals surface area contributed by atoms with Crippen molar-refractivity contribution in [1.29, 1.82) is 0 Å². The SMILES string of the molecule is CCC(C)(OC)C(=O)NC(C)(C(=O)O)C1CC1. The van der Waals surface area contributed by atoms with E-state index < -0.39 is 17.1 Å². The monoisotopic (exact) mass is 243 g/mol. The Labute approximate surface area is 102 Å². The smallest absolute Gasteiger partial charge is 0.329 e. The molecular weight excluding hydrogens is 222 g/mol. The number of carbonyl (C=O) groups excluding carboxylic acids is 1. The van der Waals surface area contributed by atoms with E-state index in [0.29, 0.717) is 6.42 Å². The third kappa shape index (κ3) is 2.60. The number of hydrogen-bond acceptors (Lipinski definition) is 3. The van der Waals surface area contributed by atoms with Crippen LogP contribution in [0.4, 0.5) is 0 Å². The number of amides is 1. The summed E-state index contributed by atoms with van der Waals surface area (Å²) >= 11 is 0. The minimum Gasteiger partial charge on any atom is -0.480 e. The third-order valence-corrected chi connectivity index (χ3v) is 3.82. The number of nitrogens with one attached hydrogen (secondary N) is 1. The molecule has 5 heteroatoms. The summed E-state index contributed by atoms with van der Waals surface area (Å²) in [6, 6.07) is 0. The molecule has 2 unspecified atom stereocenters. The van der Waals surface area contributed by atoms with E-state index in [1.807, 2.05) is 6.92 Å². The van der Waals surface area contributed by atoms with E-state index in [-0.39, 0.29) is 11.8 Å². The Morgan fingerprint density at radius 2 is 1.94 bits per heavy atom. The first-order valence-electron chi connectivity index (χ1n) is 5.91. The summed E-state index contributed by atoms with van der Waals surface area (Å²) in [6.07, 6.45) is 2.19. The lowest BCUT2D eigenvalue weighted by molar-refractivity contribution is -0.154. The minimum atomic E-state index is -1.17. The molecule has 0 spiro atoms. The molecule has 5 nitrogen and oxygen atoms in total. The fourth-order valence-corrected chi connectivity index (χ4v) is 1.76. The second kappa shape index (κ2) is 4.64. The summed E-state index contributed by atoms with van der Waals surface area (Å²) in [5, 5.41) is 11.9. The van der Waals surface area contributed by atoms with Crippen molar-refractivity contribution in [3.8, 4) is 0 Å². The van der Waals surface area contributed by atoms with E-state index in [1.165, 1.54) is 7.11 Å². The second-order valence-corrected chi connectivity index (χ2v) is 5.02. The zero-order valence-corrected chi connectivity index (χ0v) is 10.9. The van der Waals surface area contributed by atoms with E-state index in [0.717, 1.165) is 12.8 Å². The zero-order chi connectivity index (χ0) is 13.3. The van der Waals surface area contributed by atoms with Gasteiger partial charge in [-0.2, -0.15) is 0 Å². The fraction of sp³-hybridized carbons (Fsp3) is 0.833. The summed E-state index contributed by atoms with van der Waals surface area (Å²) in [5.41, 5.74) is -2.14. The van der Waals surface area contributed by atoms with Crippen molar-refractivity contribution in [1.82, 2.24) is 5.32 Å². The van der Waals surface area contributed by atoms with Crippen LogP contribution in [0.1, 0.15) is 40.0 Å². The van der Waals surface area contributed by atoms with Gasteiger partial charge in [-0.15, -0.1) is 0 Å². The van der Waals surface area contributed by atoms with Gasteiger partial charge < -0.3 is 15.2 Å². The standard InChI is InChI=1S/C12H21NO4/c1-5-11(2,17-4)9(14)13-12(3,10(15)16)8-6-7-8/h8H,5-7H2,1-4H3,(H,13,14)(H,15,16). The van der Waals surface area contributed by atoms with Crippen LogP contribution in [0.3, 0.4) is 0 Å². The van der Waals surface area contributed by atoms with Crippen molar-refractivity contribution in [3.63, 3.8) is 0 Å². The van der Waals surface area contributed by atoms with E-state index in [4.69, 9.17) is 4.74 Å². The maximum absolute atomic E-state index is 12.1. The molecule has 1 saturated carbocycles. The van der Waals surface area contributed by atoms with Gasteiger partial charge >= 0.3 is 5.97 Å². The quantitative estimate of drug-likeness (QED) is 0.734. The van der Waals surface area contributed by atoms with Gasteiger partial charge in [0.1, 0.15) is 11.1 Å². The fourth-order valence-electron chi connectivity index (χ4n) is 1.76. The van der Waals surface area contributed by atoms with Crippen molar-refractivity contribution in [2.24, 2.45) is 5.92 Å². The molecule has 0 saturated heterocycles. The number of carbonyl (C=O) groups is 2. The van der Waals surface area contributed by atoms with Gasteiger partial charge in [-0.1, -0.05) is 6.92 Å². The Balaban J connectivity index is 2.81. The first-order chi connectivity index (χ1) is 7.80. The molecule has 2 atom stereocenters. The highest BCUT2D eigenvalue weighted by Gasteiger charge is 2.50. The normalized spacial score (nSPS) is 22.4. The summed E-state index contributed by atoms with van der Waals surface area (Å²) < 4.78 is 5.17. The van der Waals surface area contributed by atoms with Crippen LogP contribution in [-0.4, -0.2) is 35.2 Å². The molecule has 0 bridgehead atoms. The van der Waals surface area contributed by atoms with Gasteiger partial charge in [-0.25, -0.2) is 4.79 Å². The molecule has 1 fully saturated rings. The van der Waals surface area contributed by atoms with Crippen LogP contribution in [-0.2, 0) is 14.3 Å². The summed E-state index contributed by atoms with van der Waals surface area (Å²) in [6.45, 7) is 5.06. The van der Waals surface area contributed by atoms with Gasteiger partial charge in [0.15, 0.2) is 0 Å². The van der Waals surface area contributed by atoms with Gasteiger partial charge in [0.2, 0.25) is 0 Å². The van der Waals surface area contributed by atoms with E-state index in [1.54, 1.807) is 13.8 Å². The van der Waals surface area contributed by atoms with Crippen molar-refractivity contribution in [3.05, 3.63) is 0 Å². The van der Waals surface area contributed by atoms with E-state index >= 15 is 0 Å². The van der Waals surface area contributed by atoms with Crippen LogP contribution in [0.15, 0.2) is 0 Å². The summed E-state index contributed by atoms with van der Waals surface area (Å²) in [4.78, 5) is 23.4. The minimum absolute atomic E-state index is 0.0295. The highest BCUT2D eigenvalue weighted by Crippen LogP contribution is 2.40. The van der Waals surface area contributed by atoms with Crippen molar-refractivity contribution in [2.75, 3.05) is 7.11 Å². The third-order valence-electron chi connectivity index (χ3n) is 3.82. The average Bonchev–Trinajstić information content (AvgIpc) is 3.11. The molecule has 1 rings (SSSR count). The molecule has 0 aromatic heterocycles. The lowest BCUT2D eigenvalue weighted by atomic mass is 9.93. The van der Waals surface area contributed by atoms with Gasteiger partial charge in [0.25, 0.3) is 5.91 Å². The molecule has 0 radical (unpaired) electrons. The molecule has 2 N–H and O–H groups in total. The molecule has 98 valence electrons. The van der Waals surface area contributed by atoms with Crippen LogP contribution < -0.4 is 5.32 Å². The Morgan fingerprint density at radius 3 is 2.24 bits per heavy atom. The maximum Gasteiger partial charge on any atom is 0.329 e. The lowest BCUT2D eigenvalue weighted by Gasteiger charge is -2.32. The Bertz CT molecular complexity index is 320. The Morgan fingerprint density at radius 1 is 1.41 bits per heavy atom. The van der Waals surface area contributed by atoms with Gasteiger partial charge in [-0.05, 0) is 39.0 Å². The number of aliphatic carboxylic acids is 1. The predicted octanol–water partition coefficient (Wildman–Crippen LogP) is 1.17. The molecular formula is C12H21NO4. The first kappa shape index (κ1) is 14.0. The highest BCUT2D eigenvalue weighted by atomic mass is 16.5. The summed E-state index contributed by atoms with van der Waals surface area (Å²) in [7, 11) is 1.46. The molecule has 0 aromatic rings. The largest absolute Gasteiger partial charge is 0.480 e. The number of rotatable bonds is 6. The van der Waals surface area contributed by atoms with Crippen molar-refractivity contribution < 1.29 is 19.4 Å². The predicted molar refractivity (Wildman–Crippen MR) is 62.6 cm³/mol. The second-order valence-electron chi connectivity index (χ2n) is 5.02. The van der Waals surface area contributed by atoms with Crippen LogP contribution in [0.5, 0.6) is 0 Å². The number of ether oxygens (including phenoxy) is 1. The van der Waals surface area contributed by atoms with Crippen LogP contribution in [0.2, 0.25) is 0 Å². The molecule has 0 aliphatic heterocycles. The van der Waals surface area contributed by atoms with Crippen molar-refractivity contribution in [2.45, 2.75) is 51.2 Å². The average molecular weight is 243 g/mol. The molecule has 0 aromatic carbocycles. The zero-order valence-electron chi connectivity index (χ0n) is 10.9. The Kier molecular flexibility index (Phi) is 3.81. The van der Waals surface area contributed by atoms with Crippen LogP contribution in [0, 0.1) is 5.92 Å². The van der Waals surface area contributed by atoms with Gasteiger partial charge in [0, 0.05) is 7.11 Å². The Hall–Kier alpha value is -1.10. The highest BCUT2D eigenvalue weighted by molar-refractivity contribution is 5.91.